The molecule has 0 saturated carbocycles. The van der Waals surface area contributed by atoms with Gasteiger partial charge in [-0.25, -0.2) is 4.39 Å². The van der Waals surface area contributed by atoms with Crippen LogP contribution in [0.1, 0.15) is 56.1 Å². The molecule has 0 radical (unpaired) electrons. The molecular formula is C26H26F12O4. The molecule has 42 heavy (non-hydrogen) atoms. The van der Waals surface area contributed by atoms with Crippen molar-refractivity contribution in [1.82, 2.24) is 0 Å². The van der Waals surface area contributed by atoms with Crippen LogP contribution < -0.4 is 4.74 Å². The predicted octanol–water partition coefficient (Wildman–Crippen LogP) is 9.15. The lowest BCUT2D eigenvalue weighted by molar-refractivity contribution is -0.437. The van der Waals surface area contributed by atoms with Gasteiger partial charge in [0, 0.05) is 0 Å². The number of alkyl halides is 12. The van der Waals surface area contributed by atoms with Crippen LogP contribution in [0.2, 0.25) is 0 Å². The summed E-state index contributed by atoms with van der Waals surface area (Å²) in [4.78, 5) is 0. The monoisotopic (exact) mass is 630 g/mol. The highest BCUT2D eigenvalue weighted by atomic mass is 19.4. The first-order valence-corrected chi connectivity index (χ1v) is 12.2. The zero-order chi connectivity index (χ0) is 32.1. The zero-order valence-corrected chi connectivity index (χ0v) is 21.9. The Balaban J connectivity index is 2.06. The van der Waals surface area contributed by atoms with E-state index in [-0.39, 0.29) is 17.6 Å². The Hall–Kier alpha value is -2.88. The minimum Gasteiger partial charge on any atom is -0.508 e. The van der Waals surface area contributed by atoms with E-state index in [1.165, 1.54) is 24.3 Å². The lowest BCUT2D eigenvalue weighted by Crippen LogP contribution is -2.53. The van der Waals surface area contributed by atoms with E-state index in [1.54, 1.807) is 12.1 Å². The van der Waals surface area contributed by atoms with Gasteiger partial charge in [0.15, 0.2) is 0 Å². The first kappa shape index (κ1) is 35.3. The molecule has 0 aliphatic carbocycles. The second kappa shape index (κ2) is 13.2. The smallest absolute Gasteiger partial charge is 0.456 e. The molecule has 0 bridgehead atoms. The third-order valence-electron chi connectivity index (χ3n) is 6.02. The van der Waals surface area contributed by atoms with Gasteiger partial charge in [-0.1, -0.05) is 38.1 Å². The Morgan fingerprint density at radius 1 is 0.786 bits per heavy atom. The molecule has 4 atom stereocenters. The van der Waals surface area contributed by atoms with Crippen molar-refractivity contribution in [3.05, 3.63) is 59.7 Å². The van der Waals surface area contributed by atoms with E-state index in [1.807, 2.05) is 13.8 Å². The number of phenolic OH excluding ortho intramolecular Hbond substituents is 1. The van der Waals surface area contributed by atoms with Gasteiger partial charge in [-0.05, 0) is 60.1 Å². The molecule has 0 aliphatic rings. The van der Waals surface area contributed by atoms with E-state index >= 15 is 0 Å². The summed E-state index contributed by atoms with van der Waals surface area (Å²) in [7, 11) is 0. The maximum Gasteiger partial charge on any atom is 0.456 e. The maximum atomic E-state index is 14.1. The summed E-state index contributed by atoms with van der Waals surface area (Å²) in [6, 6.07) is 11.2. The molecule has 0 fully saturated rings. The van der Waals surface area contributed by atoms with Crippen LogP contribution in [0.25, 0.3) is 0 Å². The summed E-state index contributed by atoms with van der Waals surface area (Å²) >= 11 is 0. The van der Waals surface area contributed by atoms with E-state index < -0.39 is 55.6 Å². The number of hydrogen-bond acceptors (Lipinski definition) is 4. The van der Waals surface area contributed by atoms with Gasteiger partial charge < -0.3 is 14.6 Å². The van der Waals surface area contributed by atoms with E-state index in [2.05, 4.69) is 14.2 Å². The molecule has 2 aromatic carbocycles. The Morgan fingerprint density at radius 3 is 1.79 bits per heavy atom. The minimum absolute atomic E-state index is 0.0713. The number of benzene rings is 2. The Morgan fingerprint density at radius 2 is 1.31 bits per heavy atom. The van der Waals surface area contributed by atoms with Crippen molar-refractivity contribution in [2.75, 3.05) is 6.61 Å². The van der Waals surface area contributed by atoms with Crippen LogP contribution in [0.3, 0.4) is 0 Å². The first-order chi connectivity index (χ1) is 19.1. The summed E-state index contributed by atoms with van der Waals surface area (Å²) in [6.45, 7) is 0.768. The molecule has 0 amide bonds. The normalized spacial score (nSPS) is 16.9. The van der Waals surface area contributed by atoms with Crippen LogP contribution in [0, 0.1) is 0 Å². The van der Waals surface area contributed by atoms with Gasteiger partial charge >= 0.3 is 36.8 Å². The number of phenols is 1. The van der Waals surface area contributed by atoms with Crippen molar-refractivity contribution in [2.45, 2.75) is 81.7 Å². The lowest BCUT2D eigenvalue weighted by Gasteiger charge is -2.32. The summed E-state index contributed by atoms with van der Waals surface area (Å²) in [5.74, 6) is -6.47. The number of ether oxygens (including phenoxy) is 3. The SMILES string of the molecule is CCC(CC(C)c1ccc(OC(F)(F)C(F)OCC(F)(OC(F)(F)CC(F)(F)F)C(F)(F)F)cc1)c1ccc(O)cc1. The van der Waals surface area contributed by atoms with Crippen molar-refractivity contribution in [1.29, 1.82) is 0 Å². The first-order valence-electron chi connectivity index (χ1n) is 12.2. The molecule has 0 heterocycles. The standard InChI is InChI=1S/C26H26F12O4/c1-3-16(18-4-8-19(39)9-5-18)12-15(2)17-6-10-20(11-7-17)41-25(34,35)21(27)40-14-22(28,26(36,37)38)42-24(32,33)13-23(29,30)31/h4-11,15-16,21,39H,3,12-14H2,1-2H3. The number of aromatic hydroxyl groups is 1. The zero-order valence-electron chi connectivity index (χ0n) is 21.9. The van der Waals surface area contributed by atoms with Crippen LogP contribution in [-0.4, -0.2) is 48.5 Å². The highest BCUT2D eigenvalue weighted by Crippen LogP contribution is 2.44. The summed E-state index contributed by atoms with van der Waals surface area (Å²) in [5.41, 5.74) is 1.59. The molecule has 0 aliphatic heterocycles. The predicted molar refractivity (Wildman–Crippen MR) is 124 cm³/mol. The van der Waals surface area contributed by atoms with Crippen LogP contribution in [-0.2, 0) is 9.47 Å². The fourth-order valence-corrected chi connectivity index (χ4v) is 3.87. The third kappa shape index (κ3) is 10.1. The number of rotatable bonds is 14. The van der Waals surface area contributed by atoms with Crippen LogP contribution >= 0.6 is 0 Å². The van der Waals surface area contributed by atoms with E-state index in [0.717, 1.165) is 24.1 Å². The third-order valence-corrected chi connectivity index (χ3v) is 6.02. The molecule has 4 unspecified atom stereocenters. The molecule has 2 aromatic rings. The Bertz CT molecular complexity index is 1120. The second-order valence-corrected chi connectivity index (χ2v) is 9.45. The Kier molecular flexibility index (Phi) is 11.1. The molecular weight excluding hydrogens is 604 g/mol. The topological polar surface area (TPSA) is 47.9 Å². The molecule has 2 rings (SSSR count). The molecule has 0 saturated heterocycles. The van der Waals surface area contributed by atoms with Gasteiger partial charge in [-0.3, -0.25) is 4.74 Å². The number of halogens is 12. The van der Waals surface area contributed by atoms with Gasteiger partial charge in [0.05, 0.1) is 0 Å². The van der Waals surface area contributed by atoms with Crippen molar-refractivity contribution in [3.63, 3.8) is 0 Å². The average Bonchev–Trinajstić information content (AvgIpc) is 2.84. The van der Waals surface area contributed by atoms with Crippen LogP contribution in [0.15, 0.2) is 48.5 Å². The van der Waals surface area contributed by atoms with Crippen molar-refractivity contribution in [3.8, 4) is 11.5 Å². The molecule has 1 N–H and O–H groups in total. The second-order valence-electron chi connectivity index (χ2n) is 9.45. The van der Waals surface area contributed by atoms with Gasteiger partial charge in [0.25, 0.3) is 0 Å². The van der Waals surface area contributed by atoms with E-state index in [0.29, 0.717) is 12.0 Å². The number of hydrogen-bond donors (Lipinski definition) is 1. The van der Waals surface area contributed by atoms with Gasteiger partial charge in [0.2, 0.25) is 0 Å². The van der Waals surface area contributed by atoms with Crippen LogP contribution in [0.5, 0.6) is 11.5 Å². The summed E-state index contributed by atoms with van der Waals surface area (Å²) < 4.78 is 168. The van der Waals surface area contributed by atoms with Gasteiger partial charge in [0.1, 0.15) is 24.5 Å². The molecule has 16 heteroatoms. The fraction of sp³-hybridized carbons (Fsp3) is 0.538. The Labute approximate surface area is 232 Å². The lowest BCUT2D eigenvalue weighted by atomic mass is 9.84. The summed E-state index contributed by atoms with van der Waals surface area (Å²) in [6.07, 6.45) is -29.5. The van der Waals surface area contributed by atoms with Gasteiger partial charge in [-0.2, -0.15) is 48.3 Å². The largest absolute Gasteiger partial charge is 0.508 e. The van der Waals surface area contributed by atoms with Crippen LogP contribution in [0.4, 0.5) is 52.7 Å². The average molecular weight is 630 g/mol. The quantitative estimate of drug-likeness (QED) is 0.212. The minimum atomic E-state index is -6.54. The molecule has 4 nitrogen and oxygen atoms in total. The maximum absolute atomic E-state index is 14.1. The molecule has 0 spiro atoms. The van der Waals surface area contributed by atoms with Crippen molar-refractivity contribution < 1.29 is 72.0 Å². The highest BCUT2D eigenvalue weighted by molar-refractivity contribution is 5.31. The van der Waals surface area contributed by atoms with E-state index in [4.69, 9.17) is 0 Å². The van der Waals surface area contributed by atoms with Gasteiger partial charge in [-0.15, -0.1) is 0 Å². The molecule has 238 valence electrons. The van der Waals surface area contributed by atoms with E-state index in [9.17, 15) is 57.8 Å². The van der Waals surface area contributed by atoms with Crippen molar-refractivity contribution >= 4 is 0 Å². The fourth-order valence-electron chi connectivity index (χ4n) is 3.87. The highest BCUT2D eigenvalue weighted by Gasteiger charge is 2.64. The summed E-state index contributed by atoms with van der Waals surface area (Å²) in [5, 5.41) is 9.46. The molecule has 0 aromatic heterocycles. The van der Waals surface area contributed by atoms with Crippen molar-refractivity contribution in [2.24, 2.45) is 0 Å².